The van der Waals surface area contributed by atoms with E-state index in [2.05, 4.69) is 15.9 Å². The van der Waals surface area contributed by atoms with Crippen LogP contribution in [-0.4, -0.2) is 22.8 Å². The second-order valence-electron chi connectivity index (χ2n) is 6.15. The van der Waals surface area contributed by atoms with Crippen LogP contribution in [0.3, 0.4) is 0 Å². The van der Waals surface area contributed by atoms with Gasteiger partial charge in [0.15, 0.2) is 9.84 Å². The molecule has 0 aliphatic heterocycles. The maximum Gasteiger partial charge on any atom is 0.193 e. The molecule has 0 radical (unpaired) electrons. The van der Waals surface area contributed by atoms with Crippen LogP contribution in [0.25, 0.3) is 0 Å². The van der Waals surface area contributed by atoms with Gasteiger partial charge in [-0.2, -0.15) is 5.06 Å². The number of sulfone groups is 1. The fourth-order valence-electron chi connectivity index (χ4n) is 2.89. The lowest BCUT2D eigenvalue weighted by atomic mass is 10.1. The van der Waals surface area contributed by atoms with Crippen LogP contribution in [-0.2, 0) is 16.4 Å². The number of hydroxylamine groups is 2. The minimum absolute atomic E-state index is 0.201. The Bertz CT molecular complexity index is 950. The number of benzene rings is 3. The van der Waals surface area contributed by atoms with E-state index in [-0.39, 0.29) is 11.4 Å². The Balaban J connectivity index is 1.97. The zero-order valence-electron chi connectivity index (χ0n) is 14.5. The Morgan fingerprint density at radius 3 is 1.85 bits per heavy atom. The monoisotopic (exact) mass is 445 g/mol. The molecule has 0 amide bonds. The van der Waals surface area contributed by atoms with Crippen molar-refractivity contribution in [3.8, 4) is 0 Å². The molecule has 2 atom stereocenters. The van der Waals surface area contributed by atoms with Gasteiger partial charge in [-0.3, -0.25) is 0 Å². The van der Waals surface area contributed by atoms with E-state index in [0.717, 1.165) is 10.6 Å². The first-order valence-electron chi connectivity index (χ1n) is 8.47. The first-order valence-corrected chi connectivity index (χ1v) is 10.9. The van der Waals surface area contributed by atoms with E-state index in [1.165, 1.54) is 0 Å². The maximum absolute atomic E-state index is 13.1. The second-order valence-corrected chi connectivity index (χ2v) is 9.81. The quantitative estimate of drug-likeness (QED) is 0.418. The van der Waals surface area contributed by atoms with Gasteiger partial charge in [0.1, 0.15) is 4.16 Å². The molecule has 0 aliphatic carbocycles. The Hall–Kier alpha value is -1.99. The molecule has 3 aromatic carbocycles. The van der Waals surface area contributed by atoms with Crippen LogP contribution in [0.2, 0.25) is 0 Å². The molecule has 0 spiro atoms. The summed E-state index contributed by atoms with van der Waals surface area (Å²) in [5.74, 6) is 0. The second kappa shape index (κ2) is 8.80. The summed E-state index contributed by atoms with van der Waals surface area (Å²) < 4.78 is 25.2. The number of alkyl halides is 1. The van der Waals surface area contributed by atoms with Gasteiger partial charge in [0.2, 0.25) is 0 Å². The molecule has 0 saturated heterocycles. The van der Waals surface area contributed by atoms with E-state index in [4.69, 9.17) is 0 Å². The zero-order chi connectivity index (χ0) is 19.3. The molecule has 2 unspecified atom stereocenters. The highest BCUT2D eigenvalue weighted by atomic mass is 79.9. The summed E-state index contributed by atoms with van der Waals surface area (Å²) in [6, 6.07) is 26.1. The number of hydrogen-bond donors (Lipinski definition) is 1. The summed E-state index contributed by atoms with van der Waals surface area (Å²) in [5.41, 5.74) is 1.59. The summed E-state index contributed by atoms with van der Waals surface area (Å²) in [4.78, 5) is 0.209. The largest absolute Gasteiger partial charge is 0.313 e. The van der Waals surface area contributed by atoms with E-state index in [1.807, 2.05) is 60.7 Å². The van der Waals surface area contributed by atoms with Crippen molar-refractivity contribution in [3.05, 3.63) is 102 Å². The molecule has 0 bridgehead atoms. The van der Waals surface area contributed by atoms with Gasteiger partial charge in [0.25, 0.3) is 0 Å². The molecule has 0 saturated carbocycles. The van der Waals surface area contributed by atoms with Crippen molar-refractivity contribution in [2.24, 2.45) is 0 Å². The Morgan fingerprint density at radius 1 is 0.815 bits per heavy atom. The number of nitrogens with zero attached hydrogens (tertiary/aromatic N) is 1. The molecular weight excluding hydrogens is 426 g/mol. The van der Waals surface area contributed by atoms with E-state index in [9.17, 15) is 13.6 Å². The van der Waals surface area contributed by atoms with Crippen molar-refractivity contribution in [2.45, 2.75) is 21.6 Å². The number of hydrogen-bond acceptors (Lipinski definition) is 4. The molecular formula is C21H20BrNO3S. The van der Waals surface area contributed by atoms with Crippen molar-refractivity contribution in [2.75, 3.05) is 0 Å². The van der Waals surface area contributed by atoms with Gasteiger partial charge in [0, 0.05) is 6.54 Å². The van der Waals surface area contributed by atoms with E-state index in [0.29, 0.717) is 5.56 Å². The predicted molar refractivity (Wildman–Crippen MR) is 109 cm³/mol. The summed E-state index contributed by atoms with van der Waals surface area (Å²) in [7, 11) is -3.71. The lowest BCUT2D eigenvalue weighted by Crippen LogP contribution is -2.35. The molecule has 0 fully saturated rings. The highest BCUT2D eigenvalue weighted by Crippen LogP contribution is 2.35. The minimum Gasteiger partial charge on any atom is -0.313 e. The average molecular weight is 446 g/mol. The maximum atomic E-state index is 13.1. The van der Waals surface area contributed by atoms with Gasteiger partial charge in [-0.1, -0.05) is 94.8 Å². The summed E-state index contributed by atoms with van der Waals surface area (Å²) in [6.45, 7) is 0.201. The van der Waals surface area contributed by atoms with E-state index < -0.39 is 20.0 Å². The van der Waals surface area contributed by atoms with Crippen molar-refractivity contribution >= 4 is 25.8 Å². The average Bonchev–Trinajstić information content (AvgIpc) is 2.70. The van der Waals surface area contributed by atoms with Gasteiger partial charge in [-0.05, 0) is 23.3 Å². The van der Waals surface area contributed by atoms with Gasteiger partial charge < -0.3 is 5.21 Å². The fourth-order valence-corrected chi connectivity index (χ4v) is 5.55. The molecule has 0 aromatic heterocycles. The predicted octanol–water partition coefficient (Wildman–Crippen LogP) is 4.81. The summed E-state index contributed by atoms with van der Waals surface area (Å²) >= 11 is 3.36. The van der Waals surface area contributed by atoms with Gasteiger partial charge in [-0.15, -0.1) is 0 Å². The smallest absolute Gasteiger partial charge is 0.193 e. The number of rotatable bonds is 7. The van der Waals surface area contributed by atoms with Gasteiger partial charge in [0.05, 0.1) is 10.9 Å². The molecule has 0 heterocycles. The van der Waals surface area contributed by atoms with E-state index >= 15 is 0 Å². The molecule has 6 heteroatoms. The summed E-state index contributed by atoms with van der Waals surface area (Å²) in [6.07, 6.45) is 0. The molecule has 0 aliphatic rings. The third-order valence-electron chi connectivity index (χ3n) is 4.27. The molecule has 27 heavy (non-hydrogen) atoms. The molecule has 3 rings (SSSR count). The van der Waals surface area contributed by atoms with Crippen LogP contribution in [0.15, 0.2) is 95.9 Å². The summed E-state index contributed by atoms with van der Waals surface area (Å²) in [5, 5.41) is 11.9. The van der Waals surface area contributed by atoms with Crippen molar-refractivity contribution in [1.29, 1.82) is 0 Å². The third-order valence-corrected chi connectivity index (χ3v) is 8.02. The van der Waals surface area contributed by atoms with Gasteiger partial charge >= 0.3 is 0 Å². The highest BCUT2D eigenvalue weighted by Gasteiger charge is 2.37. The van der Waals surface area contributed by atoms with Crippen LogP contribution in [0.1, 0.15) is 17.2 Å². The van der Waals surface area contributed by atoms with Crippen molar-refractivity contribution in [3.63, 3.8) is 0 Å². The third kappa shape index (κ3) is 4.65. The zero-order valence-corrected chi connectivity index (χ0v) is 16.9. The van der Waals surface area contributed by atoms with Crippen LogP contribution >= 0.6 is 15.9 Å². The standard InChI is InChI=1S/C21H20BrNO3S/c22-21(27(25,26)19-14-8-3-9-15-19)20(18-12-6-2-7-13-18)23(24)16-17-10-4-1-5-11-17/h1-15,20-21,24H,16H2. The lowest BCUT2D eigenvalue weighted by Gasteiger charge is -2.30. The SMILES string of the molecule is O=S(=O)(c1ccccc1)C(Br)C(c1ccccc1)N(O)Cc1ccccc1. The van der Waals surface area contributed by atoms with Crippen LogP contribution in [0.4, 0.5) is 0 Å². The highest BCUT2D eigenvalue weighted by molar-refractivity contribution is 9.11. The first-order chi connectivity index (χ1) is 13.0. The van der Waals surface area contributed by atoms with Crippen LogP contribution in [0.5, 0.6) is 0 Å². The minimum atomic E-state index is -3.71. The van der Waals surface area contributed by atoms with Crippen LogP contribution in [0, 0.1) is 0 Å². The molecule has 4 nitrogen and oxygen atoms in total. The topological polar surface area (TPSA) is 57.6 Å². The lowest BCUT2D eigenvalue weighted by molar-refractivity contribution is -0.133. The molecule has 1 N–H and O–H groups in total. The number of halogens is 1. The first kappa shape index (κ1) is 19.8. The van der Waals surface area contributed by atoms with E-state index in [1.54, 1.807) is 30.3 Å². The molecule has 140 valence electrons. The Morgan fingerprint density at radius 2 is 1.30 bits per heavy atom. The van der Waals surface area contributed by atoms with Gasteiger partial charge in [-0.25, -0.2) is 8.42 Å². The Labute approximate surface area is 168 Å². The van der Waals surface area contributed by atoms with Crippen LogP contribution < -0.4 is 0 Å². The molecule has 3 aromatic rings. The van der Waals surface area contributed by atoms with Crippen molar-refractivity contribution in [1.82, 2.24) is 5.06 Å². The fraction of sp³-hybridized carbons (Fsp3) is 0.143. The Kier molecular flexibility index (Phi) is 6.44. The normalized spacial score (nSPS) is 14.0. The van der Waals surface area contributed by atoms with Crippen molar-refractivity contribution < 1.29 is 13.6 Å².